The second-order valence-electron chi connectivity index (χ2n) is 6.91. The van der Waals surface area contributed by atoms with E-state index in [1.807, 2.05) is 0 Å². The fourth-order valence-electron chi connectivity index (χ4n) is 3.87. The number of piperidine rings is 1. The highest BCUT2D eigenvalue weighted by molar-refractivity contribution is 8.03. The summed E-state index contributed by atoms with van der Waals surface area (Å²) in [5.41, 5.74) is 0. The Morgan fingerprint density at radius 1 is 0.955 bits per heavy atom. The SMILES string of the molecule is O=C(CCC1CCN(C2CSCCSC2)CC1)N1CCCC1. The van der Waals surface area contributed by atoms with Crippen molar-refractivity contribution in [1.82, 2.24) is 9.80 Å². The van der Waals surface area contributed by atoms with Gasteiger partial charge in [-0.2, -0.15) is 23.5 Å². The Labute approximate surface area is 143 Å². The molecule has 0 aromatic carbocycles. The molecule has 3 nitrogen and oxygen atoms in total. The van der Waals surface area contributed by atoms with Crippen molar-refractivity contribution < 1.29 is 4.79 Å². The summed E-state index contributed by atoms with van der Waals surface area (Å²) >= 11 is 4.27. The Kier molecular flexibility index (Phi) is 6.82. The molecule has 0 aromatic rings. The van der Waals surface area contributed by atoms with E-state index in [0.717, 1.165) is 37.9 Å². The molecule has 5 heteroatoms. The number of rotatable bonds is 4. The molecule has 0 N–H and O–H groups in total. The standard InChI is InChI=1S/C17H30N2OS2/c20-17(19-7-1-2-8-19)4-3-15-5-9-18(10-6-15)16-13-21-11-12-22-14-16/h15-16H,1-14H2. The van der Waals surface area contributed by atoms with Gasteiger partial charge in [0.05, 0.1) is 0 Å². The largest absolute Gasteiger partial charge is 0.343 e. The van der Waals surface area contributed by atoms with E-state index < -0.39 is 0 Å². The summed E-state index contributed by atoms with van der Waals surface area (Å²) in [4.78, 5) is 17.0. The fraction of sp³-hybridized carbons (Fsp3) is 0.941. The van der Waals surface area contributed by atoms with Crippen LogP contribution in [-0.2, 0) is 4.79 Å². The molecule has 0 aliphatic carbocycles. The molecule has 0 atom stereocenters. The summed E-state index contributed by atoms with van der Waals surface area (Å²) in [6, 6.07) is 0.796. The molecule has 0 aromatic heterocycles. The van der Waals surface area contributed by atoms with Crippen LogP contribution in [0.3, 0.4) is 0 Å². The number of nitrogens with zero attached hydrogens (tertiary/aromatic N) is 2. The van der Waals surface area contributed by atoms with E-state index >= 15 is 0 Å². The maximum atomic E-state index is 12.1. The van der Waals surface area contributed by atoms with Crippen LogP contribution in [0.4, 0.5) is 0 Å². The van der Waals surface area contributed by atoms with Crippen LogP contribution in [0.2, 0.25) is 0 Å². The van der Waals surface area contributed by atoms with Crippen molar-refractivity contribution in [3.05, 3.63) is 0 Å². The van der Waals surface area contributed by atoms with E-state index in [1.54, 1.807) is 0 Å². The minimum Gasteiger partial charge on any atom is -0.343 e. The van der Waals surface area contributed by atoms with Crippen LogP contribution in [0.5, 0.6) is 0 Å². The van der Waals surface area contributed by atoms with E-state index in [-0.39, 0.29) is 0 Å². The van der Waals surface area contributed by atoms with Gasteiger partial charge in [-0.3, -0.25) is 9.69 Å². The van der Waals surface area contributed by atoms with Crippen molar-refractivity contribution in [1.29, 1.82) is 0 Å². The van der Waals surface area contributed by atoms with E-state index in [0.29, 0.717) is 5.91 Å². The van der Waals surface area contributed by atoms with E-state index in [9.17, 15) is 4.79 Å². The van der Waals surface area contributed by atoms with Crippen LogP contribution in [0.25, 0.3) is 0 Å². The second kappa shape index (κ2) is 8.84. The molecule has 22 heavy (non-hydrogen) atoms. The molecule has 0 spiro atoms. The first-order valence-electron chi connectivity index (χ1n) is 9.00. The first kappa shape index (κ1) is 17.0. The van der Waals surface area contributed by atoms with Crippen LogP contribution in [0, 0.1) is 5.92 Å². The molecule has 126 valence electrons. The lowest BCUT2D eigenvalue weighted by atomic mass is 9.91. The number of thioether (sulfide) groups is 2. The van der Waals surface area contributed by atoms with Crippen molar-refractivity contribution in [2.45, 2.75) is 44.6 Å². The third-order valence-corrected chi connectivity index (χ3v) is 7.87. The van der Waals surface area contributed by atoms with Gasteiger partial charge in [0.15, 0.2) is 0 Å². The molecule has 3 saturated heterocycles. The predicted molar refractivity (Wildman–Crippen MR) is 97.8 cm³/mol. The van der Waals surface area contributed by atoms with Gasteiger partial charge < -0.3 is 4.90 Å². The van der Waals surface area contributed by atoms with E-state index in [1.165, 1.54) is 61.8 Å². The van der Waals surface area contributed by atoms with Crippen molar-refractivity contribution in [2.75, 3.05) is 49.2 Å². The van der Waals surface area contributed by atoms with Gasteiger partial charge in [0.2, 0.25) is 5.91 Å². The summed E-state index contributed by atoms with van der Waals surface area (Å²) in [5.74, 6) is 6.51. The predicted octanol–water partition coefficient (Wildman–Crippen LogP) is 2.95. The maximum Gasteiger partial charge on any atom is 0.222 e. The Balaban J connectivity index is 1.35. The normalized spacial score (nSPS) is 26.3. The number of amides is 1. The lowest BCUT2D eigenvalue weighted by molar-refractivity contribution is -0.130. The Morgan fingerprint density at radius 2 is 1.59 bits per heavy atom. The molecule has 3 heterocycles. The van der Waals surface area contributed by atoms with Crippen molar-refractivity contribution in [3.8, 4) is 0 Å². The lowest BCUT2D eigenvalue weighted by Gasteiger charge is -2.37. The average molecular weight is 343 g/mol. The molecular weight excluding hydrogens is 312 g/mol. The summed E-state index contributed by atoms with van der Waals surface area (Å²) in [6.07, 6.45) is 6.94. The van der Waals surface area contributed by atoms with Crippen LogP contribution >= 0.6 is 23.5 Å². The highest BCUT2D eigenvalue weighted by atomic mass is 32.2. The van der Waals surface area contributed by atoms with E-state index in [2.05, 4.69) is 33.3 Å². The second-order valence-corrected chi connectivity index (χ2v) is 9.21. The lowest BCUT2D eigenvalue weighted by Crippen LogP contribution is -2.44. The molecule has 1 amide bonds. The van der Waals surface area contributed by atoms with Gasteiger partial charge in [0.1, 0.15) is 0 Å². The molecule has 3 rings (SSSR count). The topological polar surface area (TPSA) is 23.6 Å². The van der Waals surface area contributed by atoms with Gasteiger partial charge in [0.25, 0.3) is 0 Å². The van der Waals surface area contributed by atoms with Crippen molar-refractivity contribution in [2.24, 2.45) is 5.92 Å². The maximum absolute atomic E-state index is 12.1. The quantitative estimate of drug-likeness (QED) is 0.784. The zero-order chi connectivity index (χ0) is 15.2. The van der Waals surface area contributed by atoms with E-state index in [4.69, 9.17) is 0 Å². The van der Waals surface area contributed by atoms with Gasteiger partial charge in [-0.25, -0.2) is 0 Å². The van der Waals surface area contributed by atoms with Crippen LogP contribution in [0.15, 0.2) is 0 Å². The molecule has 0 saturated carbocycles. The van der Waals surface area contributed by atoms with Gasteiger partial charge in [-0.1, -0.05) is 0 Å². The van der Waals surface area contributed by atoms with Gasteiger partial charge >= 0.3 is 0 Å². The zero-order valence-corrected chi connectivity index (χ0v) is 15.3. The third-order valence-electron chi connectivity index (χ3n) is 5.38. The molecule has 0 bridgehead atoms. The van der Waals surface area contributed by atoms with Crippen LogP contribution in [0.1, 0.15) is 38.5 Å². The summed E-state index contributed by atoms with van der Waals surface area (Å²) in [6.45, 7) is 4.53. The van der Waals surface area contributed by atoms with Crippen molar-refractivity contribution in [3.63, 3.8) is 0 Å². The Bertz CT molecular complexity index is 345. The summed E-state index contributed by atoms with van der Waals surface area (Å²) in [5, 5.41) is 0. The zero-order valence-electron chi connectivity index (χ0n) is 13.7. The van der Waals surface area contributed by atoms with Gasteiger partial charge in [-0.15, -0.1) is 0 Å². The summed E-state index contributed by atoms with van der Waals surface area (Å²) in [7, 11) is 0. The van der Waals surface area contributed by atoms with Crippen LogP contribution < -0.4 is 0 Å². The summed E-state index contributed by atoms with van der Waals surface area (Å²) < 4.78 is 0. The first-order chi connectivity index (χ1) is 10.8. The van der Waals surface area contributed by atoms with Crippen LogP contribution in [-0.4, -0.2) is 70.9 Å². The number of hydrogen-bond acceptors (Lipinski definition) is 4. The minimum atomic E-state index is 0.413. The highest BCUT2D eigenvalue weighted by Crippen LogP contribution is 2.27. The molecular formula is C17H30N2OS2. The number of hydrogen-bond donors (Lipinski definition) is 0. The van der Waals surface area contributed by atoms with Crippen molar-refractivity contribution >= 4 is 29.4 Å². The van der Waals surface area contributed by atoms with Gasteiger partial charge in [0, 0.05) is 48.6 Å². The minimum absolute atomic E-state index is 0.413. The third kappa shape index (κ3) is 4.81. The molecule has 3 aliphatic rings. The monoisotopic (exact) mass is 342 g/mol. The Morgan fingerprint density at radius 3 is 2.23 bits per heavy atom. The van der Waals surface area contributed by atoms with Gasteiger partial charge in [-0.05, 0) is 51.1 Å². The fourth-order valence-corrected chi connectivity index (χ4v) is 6.50. The highest BCUT2D eigenvalue weighted by Gasteiger charge is 2.27. The Hall–Kier alpha value is 0.130. The molecule has 3 fully saturated rings. The number of carbonyl (C=O) groups excluding carboxylic acids is 1. The average Bonchev–Trinajstić information content (AvgIpc) is 2.96. The molecule has 0 unspecified atom stereocenters. The molecule has 0 radical (unpaired) electrons. The first-order valence-corrected chi connectivity index (χ1v) is 11.3. The smallest absolute Gasteiger partial charge is 0.222 e. The number of likely N-dealkylation sites (tertiary alicyclic amines) is 2. The molecule has 3 aliphatic heterocycles. The number of carbonyl (C=O) groups is 1.